The van der Waals surface area contributed by atoms with Crippen LogP contribution in [-0.2, 0) is 0 Å². The Morgan fingerprint density at radius 2 is 1.10 bits per heavy atom. The normalized spacial score (nSPS) is 10.9. The molecule has 0 aliphatic rings. The third kappa shape index (κ3) is 2.99. The molecule has 2 nitrogen and oxygen atoms in total. The standard InChI is InChI=1S/C27H18N2/c28-17-25-15-24(22-11-9-18-5-1-3-7-20(18)13-22)16-26(27(25)29)23-12-10-19-6-2-4-8-21(19)14-23/h1-16H,29H2. The summed E-state index contributed by atoms with van der Waals surface area (Å²) in [6.45, 7) is 0. The maximum atomic E-state index is 9.67. The van der Waals surface area contributed by atoms with E-state index in [1.54, 1.807) is 0 Å². The number of hydrogen-bond acceptors (Lipinski definition) is 2. The fourth-order valence-electron chi connectivity index (χ4n) is 3.88. The summed E-state index contributed by atoms with van der Waals surface area (Å²) in [7, 11) is 0. The summed E-state index contributed by atoms with van der Waals surface area (Å²) < 4.78 is 0. The number of benzene rings is 5. The van der Waals surface area contributed by atoms with Gasteiger partial charge in [-0.3, -0.25) is 0 Å². The van der Waals surface area contributed by atoms with Crippen molar-refractivity contribution < 1.29 is 0 Å². The fourth-order valence-corrected chi connectivity index (χ4v) is 3.88. The van der Waals surface area contributed by atoms with Crippen LogP contribution in [0.5, 0.6) is 0 Å². The lowest BCUT2D eigenvalue weighted by Gasteiger charge is -2.13. The Labute approximate surface area is 169 Å². The molecule has 0 fully saturated rings. The SMILES string of the molecule is N#Cc1cc(-c2ccc3ccccc3c2)cc(-c2ccc3ccccc3c2)c1N. The van der Waals surface area contributed by atoms with Crippen LogP contribution in [0.1, 0.15) is 5.56 Å². The predicted octanol–water partition coefficient (Wildman–Crippen LogP) is 6.78. The van der Waals surface area contributed by atoms with Gasteiger partial charge < -0.3 is 5.73 Å². The molecule has 5 rings (SSSR count). The van der Waals surface area contributed by atoms with Gasteiger partial charge in [-0.25, -0.2) is 0 Å². The van der Waals surface area contributed by atoms with Crippen molar-refractivity contribution in [3.63, 3.8) is 0 Å². The van der Waals surface area contributed by atoms with Crippen molar-refractivity contribution in [2.24, 2.45) is 0 Å². The number of fused-ring (bicyclic) bond motifs is 2. The summed E-state index contributed by atoms with van der Waals surface area (Å²) >= 11 is 0. The van der Waals surface area contributed by atoms with Crippen LogP contribution >= 0.6 is 0 Å². The summed E-state index contributed by atoms with van der Waals surface area (Å²) in [4.78, 5) is 0. The summed E-state index contributed by atoms with van der Waals surface area (Å²) in [5.74, 6) is 0. The molecular weight excluding hydrogens is 352 g/mol. The number of rotatable bonds is 2. The van der Waals surface area contributed by atoms with E-state index < -0.39 is 0 Å². The number of nitrogens with zero attached hydrogens (tertiary/aromatic N) is 1. The lowest BCUT2D eigenvalue weighted by molar-refractivity contribution is 1.48. The van der Waals surface area contributed by atoms with E-state index in [9.17, 15) is 5.26 Å². The van der Waals surface area contributed by atoms with Gasteiger partial charge in [0.2, 0.25) is 0 Å². The first-order valence-electron chi connectivity index (χ1n) is 9.55. The Bertz CT molecular complexity index is 1420. The van der Waals surface area contributed by atoms with E-state index in [0.717, 1.165) is 27.6 Å². The van der Waals surface area contributed by atoms with Crippen molar-refractivity contribution in [3.05, 3.63) is 103 Å². The molecule has 0 saturated heterocycles. The van der Waals surface area contributed by atoms with Crippen LogP contribution in [0, 0.1) is 11.3 Å². The molecule has 2 heteroatoms. The summed E-state index contributed by atoms with van der Waals surface area (Å²) in [5.41, 5.74) is 11.4. The van der Waals surface area contributed by atoms with Crippen LogP contribution in [0.25, 0.3) is 43.8 Å². The summed E-state index contributed by atoms with van der Waals surface area (Å²) in [5, 5.41) is 14.4. The van der Waals surface area contributed by atoms with Crippen LogP contribution in [0.2, 0.25) is 0 Å². The van der Waals surface area contributed by atoms with E-state index in [0.29, 0.717) is 11.3 Å². The minimum absolute atomic E-state index is 0.499. The molecule has 29 heavy (non-hydrogen) atoms. The van der Waals surface area contributed by atoms with Crippen molar-refractivity contribution in [2.45, 2.75) is 0 Å². The third-order valence-electron chi connectivity index (χ3n) is 5.44. The molecule has 0 bridgehead atoms. The van der Waals surface area contributed by atoms with Crippen LogP contribution in [0.15, 0.2) is 97.1 Å². The van der Waals surface area contributed by atoms with Crippen LogP contribution in [-0.4, -0.2) is 0 Å². The number of nitriles is 1. The molecule has 0 atom stereocenters. The van der Waals surface area contributed by atoms with Gasteiger partial charge in [0.1, 0.15) is 6.07 Å². The maximum Gasteiger partial charge on any atom is 0.101 e. The smallest absolute Gasteiger partial charge is 0.101 e. The maximum absolute atomic E-state index is 9.67. The minimum Gasteiger partial charge on any atom is -0.397 e. The van der Waals surface area contributed by atoms with Gasteiger partial charge >= 0.3 is 0 Å². The molecule has 0 spiro atoms. The summed E-state index contributed by atoms with van der Waals surface area (Å²) in [6.07, 6.45) is 0. The highest BCUT2D eigenvalue weighted by Crippen LogP contribution is 2.36. The van der Waals surface area contributed by atoms with Crippen molar-refractivity contribution in [3.8, 4) is 28.3 Å². The topological polar surface area (TPSA) is 49.8 Å². The molecule has 0 unspecified atom stereocenters. The second-order valence-corrected chi connectivity index (χ2v) is 7.22. The van der Waals surface area contributed by atoms with Gasteiger partial charge in [-0.1, -0.05) is 72.8 Å². The van der Waals surface area contributed by atoms with Crippen LogP contribution in [0.3, 0.4) is 0 Å². The molecule has 0 heterocycles. The van der Waals surface area contributed by atoms with E-state index >= 15 is 0 Å². The first kappa shape index (κ1) is 17.0. The Morgan fingerprint density at radius 3 is 1.72 bits per heavy atom. The molecule has 0 amide bonds. The highest BCUT2D eigenvalue weighted by Gasteiger charge is 2.12. The van der Waals surface area contributed by atoms with Crippen LogP contribution < -0.4 is 5.73 Å². The van der Waals surface area contributed by atoms with Crippen molar-refractivity contribution in [2.75, 3.05) is 5.73 Å². The Morgan fingerprint density at radius 1 is 0.552 bits per heavy atom. The van der Waals surface area contributed by atoms with Gasteiger partial charge in [0.25, 0.3) is 0 Å². The lowest BCUT2D eigenvalue weighted by Crippen LogP contribution is -1.96. The summed E-state index contributed by atoms with van der Waals surface area (Å²) in [6, 6.07) is 35.4. The fraction of sp³-hybridized carbons (Fsp3) is 0. The largest absolute Gasteiger partial charge is 0.397 e. The van der Waals surface area contributed by atoms with E-state index in [1.165, 1.54) is 16.2 Å². The number of anilines is 1. The van der Waals surface area contributed by atoms with E-state index in [1.807, 2.05) is 30.3 Å². The van der Waals surface area contributed by atoms with Crippen molar-refractivity contribution >= 4 is 27.2 Å². The van der Waals surface area contributed by atoms with Gasteiger partial charge in [-0.2, -0.15) is 5.26 Å². The van der Waals surface area contributed by atoms with Gasteiger partial charge in [0.05, 0.1) is 11.3 Å². The van der Waals surface area contributed by atoms with Crippen LogP contribution in [0.4, 0.5) is 5.69 Å². The number of hydrogen-bond donors (Lipinski definition) is 1. The molecule has 2 N–H and O–H groups in total. The van der Waals surface area contributed by atoms with Gasteiger partial charge in [-0.15, -0.1) is 0 Å². The zero-order chi connectivity index (χ0) is 19.8. The van der Waals surface area contributed by atoms with E-state index in [2.05, 4.69) is 72.8 Å². The quantitative estimate of drug-likeness (QED) is 0.348. The van der Waals surface area contributed by atoms with E-state index in [4.69, 9.17) is 5.73 Å². The average molecular weight is 370 g/mol. The third-order valence-corrected chi connectivity index (χ3v) is 5.44. The van der Waals surface area contributed by atoms with Crippen molar-refractivity contribution in [1.29, 1.82) is 5.26 Å². The minimum atomic E-state index is 0.499. The van der Waals surface area contributed by atoms with Crippen molar-refractivity contribution in [1.82, 2.24) is 0 Å². The predicted molar refractivity (Wildman–Crippen MR) is 121 cm³/mol. The number of nitrogens with two attached hydrogens (primary N) is 1. The Hall–Kier alpha value is -4.09. The molecule has 0 aliphatic carbocycles. The molecule has 0 saturated carbocycles. The monoisotopic (exact) mass is 370 g/mol. The second kappa shape index (κ2) is 6.82. The highest BCUT2D eigenvalue weighted by molar-refractivity contribution is 5.93. The molecule has 0 aliphatic heterocycles. The average Bonchev–Trinajstić information content (AvgIpc) is 2.78. The first-order chi connectivity index (χ1) is 14.2. The number of nitrogen functional groups attached to an aromatic ring is 1. The Balaban J connectivity index is 1.72. The zero-order valence-corrected chi connectivity index (χ0v) is 15.8. The lowest BCUT2D eigenvalue weighted by atomic mass is 9.92. The Kier molecular flexibility index (Phi) is 4.00. The van der Waals surface area contributed by atoms with Gasteiger partial charge in [-0.05, 0) is 62.5 Å². The zero-order valence-electron chi connectivity index (χ0n) is 15.8. The molecular formula is C27H18N2. The molecule has 136 valence electrons. The molecule has 5 aromatic rings. The van der Waals surface area contributed by atoms with Gasteiger partial charge in [0.15, 0.2) is 0 Å². The molecule has 5 aromatic carbocycles. The molecule has 0 radical (unpaired) electrons. The first-order valence-corrected chi connectivity index (χ1v) is 9.55. The second-order valence-electron chi connectivity index (χ2n) is 7.22. The van der Waals surface area contributed by atoms with E-state index in [-0.39, 0.29) is 0 Å². The molecule has 0 aromatic heterocycles. The van der Waals surface area contributed by atoms with Gasteiger partial charge in [0, 0.05) is 5.56 Å². The highest BCUT2D eigenvalue weighted by atomic mass is 14.6.